The van der Waals surface area contributed by atoms with Crippen LogP contribution in [0.5, 0.6) is 11.5 Å². The molecule has 1 aromatic heterocycles. The van der Waals surface area contributed by atoms with Gasteiger partial charge < -0.3 is 14.8 Å². The van der Waals surface area contributed by atoms with Crippen LogP contribution in [0.1, 0.15) is 22.7 Å². The van der Waals surface area contributed by atoms with E-state index in [1.807, 2.05) is 71.4 Å². The molecule has 0 saturated carbocycles. The van der Waals surface area contributed by atoms with Crippen molar-refractivity contribution < 1.29 is 9.47 Å². The second-order valence-corrected chi connectivity index (χ2v) is 8.38. The van der Waals surface area contributed by atoms with Crippen molar-refractivity contribution in [2.24, 2.45) is 0 Å². The quantitative estimate of drug-likeness (QED) is 0.355. The number of hydrogen-bond acceptors (Lipinski definition) is 5. The predicted molar refractivity (Wildman–Crippen MR) is 130 cm³/mol. The summed E-state index contributed by atoms with van der Waals surface area (Å²) in [4.78, 5) is 4.36. The number of halogens is 2. The molecule has 3 aromatic carbocycles. The van der Waals surface area contributed by atoms with E-state index in [4.69, 9.17) is 32.7 Å². The average Bonchev–Trinajstić information content (AvgIpc) is 3.32. The third-order valence-corrected chi connectivity index (χ3v) is 5.90. The van der Waals surface area contributed by atoms with Crippen molar-refractivity contribution in [2.75, 3.05) is 12.4 Å². The first-order valence-electron chi connectivity index (χ1n) is 10.3. The molecule has 0 radical (unpaired) electrons. The van der Waals surface area contributed by atoms with Gasteiger partial charge in [-0.05, 0) is 59.2 Å². The smallest absolute Gasteiger partial charge is 0.226 e. The molecule has 0 amide bonds. The minimum Gasteiger partial charge on any atom is -0.493 e. The zero-order valence-electron chi connectivity index (χ0n) is 17.7. The van der Waals surface area contributed by atoms with Gasteiger partial charge >= 0.3 is 0 Å². The SMILES string of the molecule is COc1cc([C@H]2C=C(c3ccc(Cl)cc3)Nc3ncnn32)ccc1OCc1ccc(Cl)cc1. The van der Waals surface area contributed by atoms with Crippen LogP contribution < -0.4 is 14.8 Å². The van der Waals surface area contributed by atoms with Crippen LogP contribution in [0.4, 0.5) is 5.95 Å². The topological polar surface area (TPSA) is 61.2 Å². The molecule has 2 heterocycles. The minimum atomic E-state index is -0.173. The van der Waals surface area contributed by atoms with Crippen LogP contribution in [0.25, 0.3) is 5.70 Å². The van der Waals surface area contributed by atoms with E-state index in [0.717, 1.165) is 22.4 Å². The van der Waals surface area contributed by atoms with Crippen molar-refractivity contribution in [3.8, 4) is 11.5 Å². The fraction of sp³-hybridized carbons (Fsp3) is 0.120. The number of nitrogens with zero attached hydrogens (tertiary/aromatic N) is 3. The van der Waals surface area contributed by atoms with E-state index in [1.54, 1.807) is 7.11 Å². The van der Waals surface area contributed by atoms with E-state index in [2.05, 4.69) is 21.5 Å². The number of allylic oxidation sites excluding steroid dienone is 1. The lowest BCUT2D eigenvalue weighted by molar-refractivity contribution is 0.284. The van der Waals surface area contributed by atoms with Crippen LogP contribution >= 0.6 is 23.2 Å². The van der Waals surface area contributed by atoms with Crippen molar-refractivity contribution in [1.29, 1.82) is 0 Å². The number of hydrogen-bond donors (Lipinski definition) is 1. The first kappa shape index (κ1) is 21.4. The summed E-state index contributed by atoms with van der Waals surface area (Å²) in [6.07, 6.45) is 3.64. The molecule has 33 heavy (non-hydrogen) atoms. The van der Waals surface area contributed by atoms with Gasteiger partial charge in [0.15, 0.2) is 11.5 Å². The Hall–Kier alpha value is -3.48. The number of methoxy groups -OCH3 is 1. The number of fused-ring (bicyclic) bond motifs is 1. The number of nitrogens with one attached hydrogen (secondary N) is 1. The summed E-state index contributed by atoms with van der Waals surface area (Å²) >= 11 is 12.0. The van der Waals surface area contributed by atoms with Gasteiger partial charge in [0.05, 0.1) is 7.11 Å². The summed E-state index contributed by atoms with van der Waals surface area (Å²) < 4.78 is 13.5. The molecule has 6 nitrogen and oxygen atoms in total. The van der Waals surface area contributed by atoms with Gasteiger partial charge in [-0.25, -0.2) is 4.68 Å². The van der Waals surface area contributed by atoms with Crippen LogP contribution in [-0.2, 0) is 6.61 Å². The van der Waals surface area contributed by atoms with Crippen molar-refractivity contribution in [3.05, 3.63) is 106 Å². The Morgan fingerprint density at radius 1 is 0.939 bits per heavy atom. The van der Waals surface area contributed by atoms with Gasteiger partial charge in [-0.15, -0.1) is 0 Å². The summed E-state index contributed by atoms with van der Waals surface area (Å²) in [5.74, 6) is 1.96. The number of anilines is 1. The van der Waals surface area contributed by atoms with Crippen LogP contribution in [0, 0.1) is 0 Å². The van der Waals surface area contributed by atoms with E-state index in [9.17, 15) is 0 Å². The molecule has 5 rings (SSSR count). The summed E-state index contributed by atoms with van der Waals surface area (Å²) in [6, 6.07) is 21.0. The third-order valence-electron chi connectivity index (χ3n) is 5.40. The normalized spacial score (nSPS) is 14.8. The molecule has 1 atom stereocenters. The zero-order valence-corrected chi connectivity index (χ0v) is 19.2. The molecular weight excluding hydrogens is 459 g/mol. The fourth-order valence-corrected chi connectivity index (χ4v) is 3.95. The van der Waals surface area contributed by atoms with Gasteiger partial charge in [-0.1, -0.05) is 53.5 Å². The molecule has 1 N–H and O–H groups in total. The van der Waals surface area contributed by atoms with Crippen LogP contribution in [0.15, 0.2) is 79.1 Å². The van der Waals surface area contributed by atoms with Crippen LogP contribution in [0.2, 0.25) is 10.0 Å². The van der Waals surface area contributed by atoms with Gasteiger partial charge in [0.2, 0.25) is 5.95 Å². The zero-order chi connectivity index (χ0) is 22.8. The Balaban J connectivity index is 1.44. The minimum absolute atomic E-state index is 0.173. The van der Waals surface area contributed by atoms with Crippen LogP contribution in [-0.4, -0.2) is 21.9 Å². The lowest BCUT2D eigenvalue weighted by atomic mass is 10.0. The van der Waals surface area contributed by atoms with Crippen LogP contribution in [0.3, 0.4) is 0 Å². The van der Waals surface area contributed by atoms with Gasteiger partial charge in [0.25, 0.3) is 0 Å². The van der Waals surface area contributed by atoms with Gasteiger partial charge in [0.1, 0.15) is 19.0 Å². The first-order valence-corrected chi connectivity index (χ1v) is 11.1. The lowest BCUT2D eigenvalue weighted by Gasteiger charge is -2.25. The van der Waals surface area contributed by atoms with Crippen molar-refractivity contribution in [3.63, 3.8) is 0 Å². The third kappa shape index (κ3) is 4.53. The molecule has 0 fully saturated rings. The second kappa shape index (κ2) is 9.17. The molecule has 4 aromatic rings. The molecule has 0 unspecified atom stereocenters. The van der Waals surface area contributed by atoms with Crippen molar-refractivity contribution in [1.82, 2.24) is 14.8 Å². The molecule has 0 saturated heterocycles. The molecule has 0 aliphatic carbocycles. The Kier molecular flexibility index (Phi) is 5.94. The Bertz CT molecular complexity index is 1300. The first-order chi connectivity index (χ1) is 16.1. The number of ether oxygens (including phenoxy) is 2. The number of aromatic nitrogens is 3. The molecular formula is C25H20Cl2N4O2. The standard InChI is InChI=1S/C25H20Cl2N4O2/c1-32-24-12-18(6-11-23(24)33-14-16-2-7-19(26)8-3-16)22-13-21(17-4-9-20(27)10-5-17)30-25-28-15-29-31(22)25/h2-13,15,22H,14H2,1H3,(H,28,29,30)/t22-/m1/s1. The summed E-state index contributed by atoms with van der Waals surface area (Å²) in [6.45, 7) is 0.411. The molecule has 0 spiro atoms. The summed E-state index contributed by atoms with van der Waals surface area (Å²) in [5.41, 5.74) is 3.95. The monoisotopic (exact) mass is 478 g/mol. The highest BCUT2D eigenvalue weighted by molar-refractivity contribution is 6.30. The van der Waals surface area contributed by atoms with Crippen molar-refractivity contribution >= 4 is 34.8 Å². The summed E-state index contributed by atoms with van der Waals surface area (Å²) in [5, 5.41) is 9.13. The van der Waals surface area contributed by atoms with E-state index < -0.39 is 0 Å². The van der Waals surface area contributed by atoms with E-state index in [-0.39, 0.29) is 6.04 Å². The molecule has 8 heteroatoms. The Morgan fingerprint density at radius 2 is 1.67 bits per heavy atom. The average molecular weight is 479 g/mol. The summed E-state index contributed by atoms with van der Waals surface area (Å²) in [7, 11) is 1.63. The van der Waals surface area contributed by atoms with Gasteiger partial charge in [0, 0.05) is 15.7 Å². The Morgan fingerprint density at radius 3 is 2.39 bits per heavy atom. The van der Waals surface area contributed by atoms with E-state index >= 15 is 0 Å². The highest BCUT2D eigenvalue weighted by atomic mass is 35.5. The fourth-order valence-electron chi connectivity index (χ4n) is 3.70. The highest BCUT2D eigenvalue weighted by Crippen LogP contribution is 2.36. The van der Waals surface area contributed by atoms with E-state index in [1.165, 1.54) is 6.33 Å². The molecule has 0 bridgehead atoms. The highest BCUT2D eigenvalue weighted by Gasteiger charge is 2.24. The molecule has 1 aliphatic heterocycles. The second-order valence-electron chi connectivity index (χ2n) is 7.51. The van der Waals surface area contributed by atoms with Gasteiger partial charge in [-0.3, -0.25) is 0 Å². The number of rotatable bonds is 6. The van der Waals surface area contributed by atoms with E-state index in [0.29, 0.717) is 34.1 Å². The molecule has 1 aliphatic rings. The predicted octanol–water partition coefficient (Wildman–Crippen LogP) is 6.23. The van der Waals surface area contributed by atoms with Gasteiger partial charge in [-0.2, -0.15) is 10.1 Å². The number of benzene rings is 3. The molecule has 166 valence electrons. The van der Waals surface area contributed by atoms with Crippen molar-refractivity contribution in [2.45, 2.75) is 12.6 Å². The maximum absolute atomic E-state index is 6.06. The largest absolute Gasteiger partial charge is 0.493 e. The maximum Gasteiger partial charge on any atom is 0.226 e. The maximum atomic E-state index is 6.06. The Labute approximate surface area is 201 Å². The lowest BCUT2D eigenvalue weighted by Crippen LogP contribution is -2.20.